The second kappa shape index (κ2) is 8.76. The lowest BCUT2D eigenvalue weighted by atomic mass is 9.80. The molecule has 2 heteroatoms. The Morgan fingerprint density at radius 3 is 2.32 bits per heavy atom. The first-order valence-corrected chi connectivity index (χ1v) is 8.32. The lowest BCUT2D eigenvalue weighted by Crippen LogP contribution is -2.58. The SMILES string of the molecule is C=CCCCCCC(N)C(CC)(CC)N1CCCC1. The van der Waals surface area contributed by atoms with E-state index in [0.29, 0.717) is 6.04 Å². The number of allylic oxidation sites excluding steroid dienone is 1. The van der Waals surface area contributed by atoms with Crippen LogP contribution in [0.15, 0.2) is 12.7 Å². The quantitative estimate of drug-likeness (QED) is 0.476. The first-order chi connectivity index (χ1) is 9.21. The van der Waals surface area contributed by atoms with Gasteiger partial charge in [0.2, 0.25) is 0 Å². The van der Waals surface area contributed by atoms with Crippen LogP contribution in [0.25, 0.3) is 0 Å². The Morgan fingerprint density at radius 2 is 1.79 bits per heavy atom. The molecule has 2 N–H and O–H groups in total. The summed E-state index contributed by atoms with van der Waals surface area (Å²) >= 11 is 0. The smallest absolute Gasteiger partial charge is 0.0355 e. The van der Waals surface area contributed by atoms with Crippen molar-refractivity contribution in [2.24, 2.45) is 5.73 Å². The van der Waals surface area contributed by atoms with Crippen molar-refractivity contribution in [3.63, 3.8) is 0 Å². The molecule has 1 saturated heterocycles. The predicted octanol–water partition coefficient (Wildman–Crippen LogP) is 4.10. The van der Waals surface area contributed by atoms with Crippen LogP contribution < -0.4 is 5.73 Å². The molecule has 0 aromatic rings. The highest BCUT2D eigenvalue weighted by Gasteiger charge is 2.39. The summed E-state index contributed by atoms with van der Waals surface area (Å²) in [7, 11) is 0. The minimum Gasteiger partial charge on any atom is -0.326 e. The third-order valence-corrected chi connectivity index (χ3v) is 5.07. The largest absolute Gasteiger partial charge is 0.326 e. The lowest BCUT2D eigenvalue weighted by Gasteiger charge is -2.45. The summed E-state index contributed by atoms with van der Waals surface area (Å²) in [6.07, 6.45) is 13.3. The van der Waals surface area contributed by atoms with Gasteiger partial charge < -0.3 is 5.73 Å². The Kier molecular flexibility index (Phi) is 7.70. The summed E-state index contributed by atoms with van der Waals surface area (Å²) in [6.45, 7) is 10.9. The van der Waals surface area contributed by atoms with Gasteiger partial charge in [-0.3, -0.25) is 4.90 Å². The highest BCUT2D eigenvalue weighted by molar-refractivity contribution is 4.98. The summed E-state index contributed by atoms with van der Waals surface area (Å²) in [5, 5.41) is 0. The summed E-state index contributed by atoms with van der Waals surface area (Å²) in [6, 6.07) is 0.337. The van der Waals surface area contributed by atoms with E-state index in [2.05, 4.69) is 25.3 Å². The van der Waals surface area contributed by atoms with Gasteiger partial charge in [-0.15, -0.1) is 6.58 Å². The van der Waals surface area contributed by atoms with Gasteiger partial charge in [0.1, 0.15) is 0 Å². The van der Waals surface area contributed by atoms with Crippen molar-refractivity contribution in [2.45, 2.75) is 83.2 Å². The average molecular weight is 266 g/mol. The highest BCUT2D eigenvalue weighted by atomic mass is 15.2. The highest BCUT2D eigenvalue weighted by Crippen LogP contribution is 2.32. The normalized spacial score (nSPS) is 18.7. The number of hydrogen-bond donors (Lipinski definition) is 1. The molecule has 1 unspecified atom stereocenters. The van der Waals surface area contributed by atoms with Crippen LogP contribution in [0.4, 0.5) is 0 Å². The molecule has 0 saturated carbocycles. The molecule has 0 radical (unpaired) electrons. The Morgan fingerprint density at radius 1 is 1.16 bits per heavy atom. The molecule has 1 heterocycles. The third kappa shape index (κ3) is 4.32. The van der Waals surface area contributed by atoms with E-state index in [1.165, 1.54) is 64.5 Å². The van der Waals surface area contributed by atoms with Gasteiger partial charge in [0.25, 0.3) is 0 Å². The number of nitrogens with zero attached hydrogens (tertiary/aromatic N) is 1. The molecule has 0 aromatic carbocycles. The van der Waals surface area contributed by atoms with E-state index in [1.54, 1.807) is 0 Å². The standard InChI is InChI=1S/C17H34N2/c1-4-7-8-9-10-13-16(18)17(5-2,6-3)19-14-11-12-15-19/h4,16H,1,5-15,18H2,2-3H3. The number of rotatable bonds is 10. The minimum absolute atomic E-state index is 0.259. The van der Waals surface area contributed by atoms with E-state index in [4.69, 9.17) is 5.73 Å². The van der Waals surface area contributed by atoms with Crippen LogP contribution in [0.1, 0.15) is 71.6 Å². The molecule has 0 aromatic heterocycles. The fraction of sp³-hybridized carbons (Fsp3) is 0.882. The van der Waals surface area contributed by atoms with Crippen LogP contribution in [0.5, 0.6) is 0 Å². The predicted molar refractivity (Wildman–Crippen MR) is 85.4 cm³/mol. The molecule has 1 aliphatic heterocycles. The van der Waals surface area contributed by atoms with Crippen molar-refractivity contribution in [2.75, 3.05) is 13.1 Å². The van der Waals surface area contributed by atoms with Gasteiger partial charge in [-0.05, 0) is 58.0 Å². The zero-order valence-electron chi connectivity index (χ0n) is 13.2. The van der Waals surface area contributed by atoms with E-state index in [1.807, 2.05) is 6.08 Å². The van der Waals surface area contributed by atoms with Crippen molar-refractivity contribution in [1.29, 1.82) is 0 Å². The van der Waals surface area contributed by atoms with Crippen LogP contribution in [-0.2, 0) is 0 Å². The summed E-state index contributed by atoms with van der Waals surface area (Å²) in [5.74, 6) is 0. The van der Waals surface area contributed by atoms with Gasteiger partial charge >= 0.3 is 0 Å². The first kappa shape index (κ1) is 16.7. The van der Waals surface area contributed by atoms with Gasteiger partial charge in [-0.1, -0.05) is 32.8 Å². The van der Waals surface area contributed by atoms with Gasteiger partial charge in [0, 0.05) is 11.6 Å². The Balaban J connectivity index is 2.47. The zero-order valence-corrected chi connectivity index (χ0v) is 13.2. The molecule has 112 valence electrons. The van der Waals surface area contributed by atoms with Crippen molar-refractivity contribution >= 4 is 0 Å². The maximum atomic E-state index is 6.61. The van der Waals surface area contributed by atoms with E-state index >= 15 is 0 Å². The van der Waals surface area contributed by atoms with E-state index in [0.717, 1.165) is 6.42 Å². The molecule has 2 nitrogen and oxygen atoms in total. The Hall–Kier alpha value is -0.340. The van der Waals surface area contributed by atoms with Gasteiger partial charge in [0.15, 0.2) is 0 Å². The van der Waals surface area contributed by atoms with Gasteiger partial charge in [0.05, 0.1) is 0 Å². The maximum absolute atomic E-state index is 6.61. The third-order valence-electron chi connectivity index (χ3n) is 5.07. The second-order valence-corrected chi connectivity index (χ2v) is 6.04. The van der Waals surface area contributed by atoms with Crippen LogP contribution in [0.3, 0.4) is 0 Å². The molecule has 1 rings (SSSR count). The first-order valence-electron chi connectivity index (χ1n) is 8.32. The van der Waals surface area contributed by atoms with Gasteiger partial charge in [-0.2, -0.15) is 0 Å². The Labute approximate surface area is 120 Å². The zero-order chi connectivity index (χ0) is 14.1. The summed E-state index contributed by atoms with van der Waals surface area (Å²) < 4.78 is 0. The fourth-order valence-electron chi connectivity index (χ4n) is 3.72. The number of nitrogens with two attached hydrogens (primary N) is 1. The molecular formula is C17H34N2. The number of hydrogen-bond acceptors (Lipinski definition) is 2. The van der Waals surface area contributed by atoms with Crippen molar-refractivity contribution in [1.82, 2.24) is 4.90 Å². The van der Waals surface area contributed by atoms with Crippen LogP contribution in [0.2, 0.25) is 0 Å². The van der Waals surface area contributed by atoms with E-state index in [-0.39, 0.29) is 5.54 Å². The van der Waals surface area contributed by atoms with Crippen molar-refractivity contribution in [3.8, 4) is 0 Å². The minimum atomic E-state index is 0.259. The van der Waals surface area contributed by atoms with E-state index in [9.17, 15) is 0 Å². The van der Waals surface area contributed by atoms with Crippen LogP contribution in [0, 0.1) is 0 Å². The average Bonchev–Trinajstić information content (AvgIpc) is 2.95. The molecule has 19 heavy (non-hydrogen) atoms. The molecular weight excluding hydrogens is 232 g/mol. The van der Waals surface area contributed by atoms with Crippen molar-refractivity contribution < 1.29 is 0 Å². The lowest BCUT2D eigenvalue weighted by molar-refractivity contribution is 0.0727. The van der Waals surface area contributed by atoms with Crippen molar-refractivity contribution in [3.05, 3.63) is 12.7 Å². The number of unbranched alkanes of at least 4 members (excludes halogenated alkanes) is 3. The molecule has 0 amide bonds. The maximum Gasteiger partial charge on any atom is 0.0355 e. The molecule has 0 spiro atoms. The summed E-state index contributed by atoms with van der Waals surface area (Å²) in [4.78, 5) is 2.68. The molecule has 0 bridgehead atoms. The van der Waals surface area contributed by atoms with E-state index < -0.39 is 0 Å². The Bertz CT molecular complexity index is 240. The number of likely N-dealkylation sites (tertiary alicyclic amines) is 1. The molecule has 0 aliphatic carbocycles. The van der Waals surface area contributed by atoms with Crippen LogP contribution >= 0.6 is 0 Å². The molecule has 1 aliphatic rings. The topological polar surface area (TPSA) is 29.3 Å². The summed E-state index contributed by atoms with van der Waals surface area (Å²) in [5.41, 5.74) is 6.87. The molecule has 1 fully saturated rings. The second-order valence-electron chi connectivity index (χ2n) is 6.04. The van der Waals surface area contributed by atoms with Crippen LogP contribution in [-0.4, -0.2) is 29.6 Å². The van der Waals surface area contributed by atoms with Gasteiger partial charge in [-0.25, -0.2) is 0 Å². The monoisotopic (exact) mass is 266 g/mol. The molecule has 1 atom stereocenters. The fourth-order valence-corrected chi connectivity index (χ4v) is 3.72.